The Morgan fingerprint density at radius 3 is 2.42 bits per heavy atom. The number of sulfonamides is 1. The molecule has 0 spiro atoms. The molecule has 1 aromatic heterocycles. The number of hydrogen-bond donors (Lipinski definition) is 1. The van der Waals surface area contributed by atoms with Crippen molar-refractivity contribution in [2.45, 2.75) is 30.2 Å². The van der Waals surface area contributed by atoms with Gasteiger partial charge in [0, 0.05) is 18.0 Å². The fraction of sp³-hybridized carbons (Fsp3) is 0.273. The first-order valence-electron chi connectivity index (χ1n) is 9.81. The van der Waals surface area contributed by atoms with E-state index in [0.29, 0.717) is 12.5 Å². The van der Waals surface area contributed by atoms with E-state index in [0.717, 1.165) is 24.0 Å². The van der Waals surface area contributed by atoms with Crippen LogP contribution in [0.3, 0.4) is 0 Å². The first kappa shape index (κ1) is 20.9. The van der Waals surface area contributed by atoms with Crippen molar-refractivity contribution in [2.75, 3.05) is 14.2 Å². The van der Waals surface area contributed by atoms with Gasteiger partial charge in [0.05, 0.1) is 20.8 Å². The SMILES string of the molecule is COc1cccc(OC)c1S(=O)(=O)NC(=O)c1ccc(Cn2cccn2)c(C2CC2)c1. The van der Waals surface area contributed by atoms with Crippen molar-refractivity contribution >= 4 is 15.9 Å². The third-order valence-electron chi connectivity index (χ3n) is 5.20. The fourth-order valence-corrected chi connectivity index (χ4v) is 4.83. The molecule has 4 rings (SSSR count). The molecule has 0 bridgehead atoms. The largest absolute Gasteiger partial charge is 0.495 e. The monoisotopic (exact) mass is 441 g/mol. The van der Waals surface area contributed by atoms with Gasteiger partial charge in [0.2, 0.25) is 0 Å². The number of benzene rings is 2. The number of aromatic nitrogens is 2. The van der Waals surface area contributed by atoms with E-state index in [4.69, 9.17) is 9.47 Å². The minimum atomic E-state index is -4.23. The van der Waals surface area contributed by atoms with Gasteiger partial charge in [0.1, 0.15) is 11.5 Å². The maximum absolute atomic E-state index is 13.0. The van der Waals surface area contributed by atoms with Gasteiger partial charge in [-0.1, -0.05) is 12.1 Å². The van der Waals surface area contributed by atoms with Gasteiger partial charge in [-0.3, -0.25) is 9.48 Å². The quantitative estimate of drug-likeness (QED) is 0.577. The van der Waals surface area contributed by atoms with Crippen molar-refractivity contribution in [3.05, 3.63) is 71.5 Å². The van der Waals surface area contributed by atoms with Crippen molar-refractivity contribution in [2.24, 2.45) is 0 Å². The number of nitrogens with one attached hydrogen (secondary N) is 1. The Bertz CT molecular complexity index is 1180. The van der Waals surface area contributed by atoms with E-state index >= 15 is 0 Å². The summed E-state index contributed by atoms with van der Waals surface area (Å²) < 4.78 is 40.3. The van der Waals surface area contributed by atoms with Gasteiger partial charge in [0.15, 0.2) is 4.90 Å². The molecule has 8 nitrogen and oxygen atoms in total. The Morgan fingerprint density at radius 2 is 1.84 bits per heavy atom. The van der Waals surface area contributed by atoms with Crippen LogP contribution in [-0.2, 0) is 16.6 Å². The average molecular weight is 442 g/mol. The summed E-state index contributed by atoms with van der Waals surface area (Å²) in [6, 6.07) is 11.7. The van der Waals surface area contributed by atoms with Gasteiger partial charge in [-0.2, -0.15) is 5.10 Å². The lowest BCUT2D eigenvalue weighted by molar-refractivity contribution is 0.0981. The topological polar surface area (TPSA) is 99.5 Å². The van der Waals surface area contributed by atoms with Crippen LogP contribution in [-0.4, -0.2) is 38.3 Å². The van der Waals surface area contributed by atoms with Gasteiger partial charge in [0.25, 0.3) is 15.9 Å². The Kier molecular flexibility index (Phi) is 5.69. The lowest BCUT2D eigenvalue weighted by Crippen LogP contribution is -2.31. The normalized spacial score (nSPS) is 13.6. The summed E-state index contributed by atoms with van der Waals surface area (Å²) >= 11 is 0. The van der Waals surface area contributed by atoms with E-state index in [1.165, 1.54) is 26.4 Å². The first-order valence-corrected chi connectivity index (χ1v) is 11.3. The summed E-state index contributed by atoms with van der Waals surface area (Å²) in [5.41, 5.74) is 2.40. The van der Waals surface area contributed by atoms with Gasteiger partial charge in [-0.15, -0.1) is 0 Å². The molecular formula is C22H23N3O5S. The van der Waals surface area contributed by atoms with E-state index in [1.54, 1.807) is 24.4 Å². The number of carbonyl (C=O) groups excluding carboxylic acids is 1. The number of carbonyl (C=O) groups is 1. The van der Waals surface area contributed by atoms with Crippen LogP contribution in [0.1, 0.15) is 40.2 Å². The lowest BCUT2D eigenvalue weighted by Gasteiger charge is -2.15. The number of ether oxygens (including phenoxy) is 2. The average Bonchev–Trinajstić information content (AvgIpc) is 3.49. The number of methoxy groups -OCH3 is 2. The van der Waals surface area contributed by atoms with Crippen LogP contribution >= 0.6 is 0 Å². The summed E-state index contributed by atoms with van der Waals surface area (Å²) in [7, 11) is -1.51. The minimum Gasteiger partial charge on any atom is -0.495 e. The number of rotatable bonds is 8. The highest BCUT2D eigenvalue weighted by Gasteiger charge is 2.29. The Hall–Kier alpha value is -3.33. The third-order valence-corrected chi connectivity index (χ3v) is 6.59. The molecule has 0 atom stereocenters. The molecule has 1 fully saturated rings. The van der Waals surface area contributed by atoms with Crippen LogP contribution in [0.5, 0.6) is 11.5 Å². The van der Waals surface area contributed by atoms with Gasteiger partial charge in [-0.25, -0.2) is 13.1 Å². The summed E-state index contributed by atoms with van der Waals surface area (Å²) in [5, 5.41) is 4.24. The first-order chi connectivity index (χ1) is 14.9. The van der Waals surface area contributed by atoms with Crippen LogP contribution in [0.2, 0.25) is 0 Å². The van der Waals surface area contributed by atoms with Crippen LogP contribution in [0.25, 0.3) is 0 Å². The van der Waals surface area contributed by atoms with Crippen LogP contribution in [0.4, 0.5) is 0 Å². The molecule has 0 unspecified atom stereocenters. The molecule has 1 N–H and O–H groups in total. The Balaban J connectivity index is 1.62. The summed E-state index contributed by atoms with van der Waals surface area (Å²) in [4.78, 5) is 12.7. The maximum atomic E-state index is 13.0. The highest BCUT2D eigenvalue weighted by atomic mass is 32.2. The molecule has 1 saturated carbocycles. The van der Waals surface area contributed by atoms with Gasteiger partial charge >= 0.3 is 0 Å². The number of amides is 1. The van der Waals surface area contributed by atoms with Crippen molar-refractivity contribution in [1.29, 1.82) is 0 Å². The van der Waals surface area contributed by atoms with Crippen molar-refractivity contribution < 1.29 is 22.7 Å². The van der Waals surface area contributed by atoms with Crippen molar-refractivity contribution in [3.8, 4) is 11.5 Å². The van der Waals surface area contributed by atoms with E-state index < -0.39 is 15.9 Å². The highest BCUT2D eigenvalue weighted by molar-refractivity contribution is 7.90. The predicted molar refractivity (Wildman–Crippen MR) is 114 cm³/mol. The smallest absolute Gasteiger partial charge is 0.271 e. The third kappa shape index (κ3) is 4.41. The minimum absolute atomic E-state index is 0.0906. The Labute approximate surface area is 180 Å². The molecule has 2 aromatic carbocycles. The van der Waals surface area contributed by atoms with Gasteiger partial charge in [-0.05, 0) is 60.2 Å². The molecule has 1 amide bonds. The molecule has 1 aliphatic rings. The number of nitrogens with zero attached hydrogens (tertiary/aromatic N) is 2. The molecule has 0 aliphatic heterocycles. The zero-order valence-corrected chi connectivity index (χ0v) is 18.1. The second-order valence-corrected chi connectivity index (χ2v) is 8.94. The maximum Gasteiger partial charge on any atom is 0.271 e. The van der Waals surface area contributed by atoms with E-state index in [2.05, 4.69) is 9.82 Å². The van der Waals surface area contributed by atoms with Crippen LogP contribution in [0, 0.1) is 0 Å². The zero-order valence-electron chi connectivity index (χ0n) is 17.2. The zero-order chi connectivity index (χ0) is 22.0. The van der Waals surface area contributed by atoms with Gasteiger partial charge < -0.3 is 9.47 Å². The van der Waals surface area contributed by atoms with E-state index in [9.17, 15) is 13.2 Å². The second-order valence-electron chi connectivity index (χ2n) is 7.32. The van der Waals surface area contributed by atoms with Crippen LogP contribution < -0.4 is 14.2 Å². The molecule has 0 radical (unpaired) electrons. The van der Waals surface area contributed by atoms with E-state index in [1.807, 2.05) is 23.0 Å². The molecule has 1 heterocycles. The Morgan fingerprint density at radius 1 is 1.13 bits per heavy atom. The van der Waals surface area contributed by atoms with Crippen LogP contribution in [0.15, 0.2) is 59.8 Å². The summed E-state index contributed by atoms with van der Waals surface area (Å²) in [6.07, 6.45) is 5.70. The molecular weight excluding hydrogens is 418 g/mol. The summed E-state index contributed by atoms with van der Waals surface area (Å²) in [6.45, 7) is 0.595. The predicted octanol–water partition coefficient (Wildman–Crippen LogP) is 2.94. The highest BCUT2D eigenvalue weighted by Crippen LogP contribution is 2.42. The molecule has 31 heavy (non-hydrogen) atoms. The molecule has 1 aliphatic carbocycles. The molecule has 9 heteroatoms. The van der Waals surface area contributed by atoms with E-state index in [-0.39, 0.29) is 22.0 Å². The second kappa shape index (κ2) is 8.43. The molecule has 3 aromatic rings. The van der Waals surface area contributed by atoms with Crippen molar-refractivity contribution in [3.63, 3.8) is 0 Å². The number of hydrogen-bond acceptors (Lipinski definition) is 6. The molecule has 162 valence electrons. The molecule has 0 saturated heterocycles. The standard InChI is InChI=1S/C22H23N3O5S/c1-29-19-5-3-6-20(30-2)21(19)31(27,28)24-22(26)16-9-10-17(14-25-12-4-11-23-25)18(13-16)15-7-8-15/h3-6,9-13,15H,7-8,14H2,1-2H3,(H,24,26). The summed E-state index contributed by atoms with van der Waals surface area (Å²) in [5.74, 6) is -0.148. The van der Waals surface area contributed by atoms with Crippen molar-refractivity contribution in [1.82, 2.24) is 14.5 Å². The lowest BCUT2D eigenvalue weighted by atomic mass is 10.00. The fourth-order valence-electron chi connectivity index (χ4n) is 3.54.